The minimum atomic E-state index is -4.45. The Balaban J connectivity index is 0.000000573. The number of benzene rings is 4. The SMILES string of the molecule is CCCCCCCCCCCCCCc1cc(CCCCCCCCCCCCCC)c2ccc(S(=O)(=O)[O-])cc2c1.CCCCCCCCCCCCCCc1cc(CCCCCCCCCCCCCC)c2ccc(S(=O)(=O)[O-])cc2c1.[Ba+2]. The third kappa shape index (κ3) is 39.6. The van der Waals surface area contributed by atoms with Crippen LogP contribution in [0.5, 0.6) is 0 Å². The molecular formula is C76H126BaO6S2. The Morgan fingerprint density at radius 2 is 0.459 bits per heavy atom. The first-order valence-electron chi connectivity index (χ1n) is 35.9. The Morgan fingerprint density at radius 1 is 0.259 bits per heavy atom. The van der Waals surface area contributed by atoms with Crippen LogP contribution in [0.3, 0.4) is 0 Å². The van der Waals surface area contributed by atoms with E-state index in [-0.39, 0.29) is 58.7 Å². The second-order valence-electron chi connectivity index (χ2n) is 25.7. The van der Waals surface area contributed by atoms with E-state index in [2.05, 4.69) is 52.0 Å². The van der Waals surface area contributed by atoms with Crippen LogP contribution in [0.2, 0.25) is 0 Å². The fourth-order valence-electron chi connectivity index (χ4n) is 12.7. The number of unbranched alkanes of at least 4 members (excludes halogenated alkanes) is 44. The zero-order chi connectivity index (χ0) is 60.6. The predicted molar refractivity (Wildman–Crippen MR) is 369 cm³/mol. The van der Waals surface area contributed by atoms with Gasteiger partial charge in [0.1, 0.15) is 20.2 Å². The summed E-state index contributed by atoms with van der Waals surface area (Å²) in [5, 5.41) is 4.00. The van der Waals surface area contributed by atoms with Crippen LogP contribution in [0.15, 0.2) is 70.5 Å². The molecule has 0 bridgehead atoms. The molecule has 0 aliphatic heterocycles. The molecule has 0 N–H and O–H groups in total. The van der Waals surface area contributed by atoms with Gasteiger partial charge in [0.15, 0.2) is 0 Å². The molecule has 480 valence electrons. The van der Waals surface area contributed by atoms with Crippen molar-refractivity contribution in [3.63, 3.8) is 0 Å². The van der Waals surface area contributed by atoms with E-state index in [1.54, 1.807) is 12.1 Å². The molecule has 0 spiro atoms. The van der Waals surface area contributed by atoms with Gasteiger partial charge in [-0.05, 0) is 119 Å². The van der Waals surface area contributed by atoms with Crippen LogP contribution >= 0.6 is 0 Å². The second-order valence-corrected chi connectivity index (χ2v) is 28.5. The second kappa shape index (κ2) is 52.4. The first-order chi connectivity index (χ1) is 40.9. The standard InChI is InChI=1S/2C38H64O3S.Ba/c2*1-3-5-7-9-11-13-15-17-19-21-23-25-27-34-31-35(38-30-29-37(42(39,40)41)33-36(38)32-34)28-26-24-22-20-18-16-14-12-10-8-6-4-2;/h2*29-33H,3-28H2,1-2H3,(H,39,40,41);/q;;+2/p-2. The van der Waals surface area contributed by atoms with Gasteiger partial charge in [-0.3, -0.25) is 0 Å². The molecule has 4 aromatic carbocycles. The maximum Gasteiger partial charge on any atom is 2.00 e. The number of rotatable bonds is 54. The van der Waals surface area contributed by atoms with Crippen molar-refractivity contribution in [1.82, 2.24) is 0 Å². The minimum Gasteiger partial charge on any atom is -0.744 e. The summed E-state index contributed by atoms with van der Waals surface area (Å²) in [6.45, 7) is 9.10. The molecule has 0 aromatic heterocycles. The molecule has 4 aromatic rings. The summed E-state index contributed by atoms with van der Waals surface area (Å²) < 4.78 is 70.1. The van der Waals surface area contributed by atoms with Crippen LogP contribution in [-0.2, 0) is 45.9 Å². The van der Waals surface area contributed by atoms with Crippen molar-refractivity contribution in [2.75, 3.05) is 0 Å². The molecule has 4 rings (SSSR count). The summed E-state index contributed by atoms with van der Waals surface area (Å²) in [6.07, 6.45) is 68.4. The van der Waals surface area contributed by atoms with Gasteiger partial charge in [-0.1, -0.05) is 347 Å². The molecule has 0 fully saturated rings. The average Bonchev–Trinajstić information content (AvgIpc) is 3.66. The van der Waals surface area contributed by atoms with E-state index in [0.29, 0.717) is 0 Å². The van der Waals surface area contributed by atoms with Crippen molar-refractivity contribution in [2.45, 2.75) is 371 Å². The van der Waals surface area contributed by atoms with Crippen molar-refractivity contribution in [1.29, 1.82) is 0 Å². The predicted octanol–water partition coefficient (Wildman–Crippen LogP) is 24.1. The normalized spacial score (nSPS) is 11.8. The van der Waals surface area contributed by atoms with Crippen LogP contribution in [0, 0.1) is 0 Å². The van der Waals surface area contributed by atoms with E-state index >= 15 is 0 Å². The average molecular weight is 1340 g/mol. The van der Waals surface area contributed by atoms with Gasteiger partial charge in [-0.15, -0.1) is 0 Å². The van der Waals surface area contributed by atoms with Gasteiger partial charge in [0.05, 0.1) is 9.79 Å². The van der Waals surface area contributed by atoms with E-state index in [1.807, 2.05) is 12.1 Å². The van der Waals surface area contributed by atoms with Crippen LogP contribution in [0.4, 0.5) is 0 Å². The largest absolute Gasteiger partial charge is 2.00 e. The topological polar surface area (TPSA) is 114 Å². The van der Waals surface area contributed by atoms with E-state index in [4.69, 9.17) is 0 Å². The summed E-state index contributed by atoms with van der Waals surface area (Å²) in [4.78, 5) is -0.234. The molecule has 0 heterocycles. The van der Waals surface area contributed by atoms with Gasteiger partial charge in [0, 0.05) is 0 Å². The molecule has 0 aliphatic carbocycles. The van der Waals surface area contributed by atoms with Gasteiger partial charge in [0.25, 0.3) is 0 Å². The molecule has 0 radical (unpaired) electrons. The number of hydrogen-bond acceptors (Lipinski definition) is 6. The molecule has 0 unspecified atom stereocenters. The van der Waals surface area contributed by atoms with Crippen LogP contribution < -0.4 is 0 Å². The summed E-state index contributed by atoms with van der Waals surface area (Å²) in [5.41, 5.74) is 5.18. The molecule has 6 nitrogen and oxygen atoms in total. The summed E-state index contributed by atoms with van der Waals surface area (Å²) in [6, 6.07) is 18.8. The summed E-state index contributed by atoms with van der Waals surface area (Å²) in [5.74, 6) is 0. The zero-order valence-electron chi connectivity index (χ0n) is 55.5. The fourth-order valence-corrected chi connectivity index (χ4v) is 13.7. The van der Waals surface area contributed by atoms with E-state index in [0.717, 1.165) is 60.1 Å². The van der Waals surface area contributed by atoms with Gasteiger partial charge < -0.3 is 9.11 Å². The number of fused-ring (bicyclic) bond motifs is 2. The van der Waals surface area contributed by atoms with E-state index in [9.17, 15) is 25.9 Å². The molecule has 0 aliphatic rings. The molecule has 9 heteroatoms. The maximum absolute atomic E-state index is 11.7. The Hall–Kier alpha value is -1.21. The van der Waals surface area contributed by atoms with Crippen molar-refractivity contribution >= 4 is 90.7 Å². The van der Waals surface area contributed by atoms with Crippen LogP contribution in [0.25, 0.3) is 21.5 Å². The van der Waals surface area contributed by atoms with E-state index in [1.165, 1.54) is 330 Å². The van der Waals surface area contributed by atoms with Crippen molar-refractivity contribution in [3.05, 3.63) is 82.9 Å². The Labute approximate surface area is 565 Å². The first kappa shape index (κ1) is 79.9. The van der Waals surface area contributed by atoms with Crippen LogP contribution in [0.1, 0.15) is 358 Å². The van der Waals surface area contributed by atoms with E-state index < -0.39 is 20.2 Å². The van der Waals surface area contributed by atoms with Gasteiger partial charge >= 0.3 is 48.9 Å². The third-order valence-electron chi connectivity index (χ3n) is 18.0. The summed E-state index contributed by atoms with van der Waals surface area (Å²) >= 11 is 0. The molecule has 85 heavy (non-hydrogen) atoms. The maximum atomic E-state index is 11.7. The molecule has 0 amide bonds. The van der Waals surface area contributed by atoms with Crippen molar-refractivity contribution in [3.8, 4) is 0 Å². The smallest absolute Gasteiger partial charge is 0.744 e. The molecular weight excluding hydrogens is 1210 g/mol. The Morgan fingerprint density at radius 3 is 0.671 bits per heavy atom. The van der Waals surface area contributed by atoms with Crippen molar-refractivity contribution < 1.29 is 25.9 Å². The Kier molecular flexibility index (Phi) is 49.3. The van der Waals surface area contributed by atoms with Crippen LogP contribution in [-0.4, -0.2) is 74.8 Å². The summed E-state index contributed by atoms with van der Waals surface area (Å²) in [7, 11) is -8.90. The minimum absolute atomic E-state index is 0. The molecule has 0 atom stereocenters. The van der Waals surface area contributed by atoms with Gasteiger partial charge in [0.2, 0.25) is 0 Å². The number of aryl methyl sites for hydroxylation is 4. The third-order valence-corrected chi connectivity index (χ3v) is 19.6. The number of hydrogen-bond donors (Lipinski definition) is 0. The molecule has 0 saturated heterocycles. The Bertz CT molecular complexity index is 2300. The fraction of sp³-hybridized carbons (Fsp3) is 0.737. The monoisotopic (exact) mass is 1340 g/mol. The first-order valence-corrected chi connectivity index (χ1v) is 38.8. The molecule has 0 saturated carbocycles. The zero-order valence-corrected chi connectivity index (χ0v) is 61.6. The van der Waals surface area contributed by atoms with Crippen molar-refractivity contribution in [2.24, 2.45) is 0 Å². The van der Waals surface area contributed by atoms with Gasteiger partial charge in [-0.25, -0.2) is 16.8 Å². The van der Waals surface area contributed by atoms with Gasteiger partial charge in [-0.2, -0.15) is 0 Å². The quantitative estimate of drug-likeness (QED) is 0.0247.